The number of hydrogen-bond acceptors (Lipinski definition) is 5. The summed E-state index contributed by atoms with van der Waals surface area (Å²) < 4.78 is 11.7. The molecule has 0 heterocycles. The molecule has 1 aromatic carbocycles. The molecule has 0 radical (unpaired) electrons. The maximum absolute atomic E-state index is 6.00. The Balaban J connectivity index is 2.56. The molecule has 0 aliphatic rings. The molecule has 0 aliphatic heterocycles. The Labute approximate surface area is 145 Å². The highest BCUT2D eigenvalue weighted by molar-refractivity contribution is 5.58. The maximum atomic E-state index is 6.00. The van der Waals surface area contributed by atoms with Crippen molar-refractivity contribution in [2.45, 2.75) is 27.7 Å². The molecule has 0 saturated carbocycles. The molecule has 0 bridgehead atoms. The van der Waals surface area contributed by atoms with Gasteiger partial charge < -0.3 is 14.3 Å². The van der Waals surface area contributed by atoms with E-state index in [0.29, 0.717) is 13.2 Å². The summed E-state index contributed by atoms with van der Waals surface area (Å²) in [5, 5.41) is 3.77. The lowest BCUT2D eigenvalue weighted by Crippen LogP contribution is -2.30. The van der Waals surface area contributed by atoms with Crippen molar-refractivity contribution < 1.29 is 14.3 Å². The number of hydrogen-bond donors (Lipinski definition) is 0. The predicted molar refractivity (Wildman–Crippen MR) is 99.3 cm³/mol. The smallest absolute Gasteiger partial charge is 0.125 e. The lowest BCUT2D eigenvalue weighted by atomic mass is 10.1. The van der Waals surface area contributed by atoms with Crippen LogP contribution in [0.4, 0.5) is 0 Å². The minimum atomic E-state index is 0.587. The van der Waals surface area contributed by atoms with Gasteiger partial charge in [0, 0.05) is 13.1 Å². The Morgan fingerprint density at radius 1 is 1.17 bits per heavy atom. The first-order valence-electron chi connectivity index (χ1n) is 8.37. The highest BCUT2D eigenvalue weighted by Crippen LogP contribution is 2.28. The van der Waals surface area contributed by atoms with Gasteiger partial charge in [-0.05, 0) is 50.6 Å². The number of benzene rings is 1. The Morgan fingerprint density at radius 2 is 1.88 bits per heavy atom. The van der Waals surface area contributed by atoms with Crippen molar-refractivity contribution in [2.75, 3.05) is 40.0 Å². The van der Waals surface area contributed by atoms with Gasteiger partial charge in [-0.25, -0.2) is 0 Å². The molecular weight excluding hydrogens is 304 g/mol. The van der Waals surface area contributed by atoms with Crippen molar-refractivity contribution in [3.63, 3.8) is 0 Å². The van der Waals surface area contributed by atoms with Gasteiger partial charge in [0.15, 0.2) is 0 Å². The van der Waals surface area contributed by atoms with Gasteiger partial charge in [-0.3, -0.25) is 4.90 Å². The van der Waals surface area contributed by atoms with Crippen molar-refractivity contribution in [2.24, 2.45) is 5.16 Å². The summed E-state index contributed by atoms with van der Waals surface area (Å²) in [6.07, 6.45) is 5.73. The van der Waals surface area contributed by atoms with Crippen LogP contribution in [0.25, 0.3) is 0 Å². The molecule has 1 rings (SSSR count). The molecule has 0 fully saturated rings. The first kappa shape index (κ1) is 20.0. The molecule has 0 aliphatic carbocycles. The third-order valence-corrected chi connectivity index (χ3v) is 3.64. The zero-order valence-corrected chi connectivity index (χ0v) is 15.5. The van der Waals surface area contributed by atoms with E-state index >= 15 is 0 Å². The number of allylic oxidation sites excluding steroid dienone is 1. The van der Waals surface area contributed by atoms with Crippen molar-refractivity contribution in [3.8, 4) is 11.5 Å². The van der Waals surface area contributed by atoms with Gasteiger partial charge in [0.05, 0.1) is 6.21 Å². The van der Waals surface area contributed by atoms with Gasteiger partial charge >= 0.3 is 0 Å². The molecule has 0 N–H and O–H groups in total. The minimum Gasteiger partial charge on any atom is -0.492 e. The Kier molecular flexibility index (Phi) is 9.61. The average molecular weight is 334 g/mol. The highest BCUT2D eigenvalue weighted by Gasteiger charge is 2.08. The van der Waals surface area contributed by atoms with Gasteiger partial charge in [0.25, 0.3) is 0 Å². The summed E-state index contributed by atoms with van der Waals surface area (Å²) in [5.41, 5.74) is 2.18. The van der Waals surface area contributed by atoms with E-state index < -0.39 is 0 Å². The van der Waals surface area contributed by atoms with Gasteiger partial charge in [0.1, 0.15) is 31.8 Å². The molecule has 0 spiro atoms. The second-order valence-corrected chi connectivity index (χ2v) is 5.48. The van der Waals surface area contributed by atoms with Crippen LogP contribution in [0.15, 0.2) is 29.4 Å². The first-order chi connectivity index (χ1) is 11.6. The second-order valence-electron chi connectivity index (χ2n) is 5.48. The fourth-order valence-electron chi connectivity index (χ4n) is 2.34. The molecule has 0 atom stereocenters. The van der Waals surface area contributed by atoms with E-state index in [2.05, 4.69) is 21.8 Å². The van der Waals surface area contributed by atoms with Crippen LogP contribution in [0.3, 0.4) is 0 Å². The normalized spacial score (nSPS) is 11.6. The minimum absolute atomic E-state index is 0.587. The zero-order valence-electron chi connectivity index (χ0n) is 15.5. The molecule has 5 nitrogen and oxygen atoms in total. The van der Waals surface area contributed by atoms with E-state index in [-0.39, 0.29) is 0 Å². The summed E-state index contributed by atoms with van der Waals surface area (Å²) >= 11 is 0. The van der Waals surface area contributed by atoms with E-state index in [1.54, 1.807) is 13.3 Å². The molecule has 134 valence electrons. The quantitative estimate of drug-likeness (QED) is 0.352. The van der Waals surface area contributed by atoms with E-state index in [4.69, 9.17) is 9.47 Å². The molecule has 1 aromatic rings. The van der Waals surface area contributed by atoms with Gasteiger partial charge in [-0.15, -0.1) is 0 Å². The maximum Gasteiger partial charge on any atom is 0.125 e. The number of nitrogens with zero attached hydrogens (tertiary/aromatic N) is 2. The fraction of sp³-hybridized carbons (Fsp3) is 0.526. The molecule has 5 heteroatoms. The third-order valence-electron chi connectivity index (χ3n) is 3.64. The Morgan fingerprint density at radius 3 is 2.46 bits per heavy atom. The van der Waals surface area contributed by atoms with E-state index in [1.807, 2.05) is 45.1 Å². The van der Waals surface area contributed by atoms with Crippen LogP contribution in [0.2, 0.25) is 0 Å². The SMILES string of the molecule is C/C=C/COc1cc(C)c(OCCN(CC)CC=NOC)c(C)c1. The van der Waals surface area contributed by atoms with E-state index in [0.717, 1.165) is 42.3 Å². The average Bonchev–Trinajstić information content (AvgIpc) is 2.56. The summed E-state index contributed by atoms with van der Waals surface area (Å²) in [6, 6.07) is 4.04. The zero-order chi connectivity index (χ0) is 17.8. The van der Waals surface area contributed by atoms with Crippen LogP contribution >= 0.6 is 0 Å². The largest absolute Gasteiger partial charge is 0.492 e. The number of ether oxygens (including phenoxy) is 2. The number of oxime groups is 1. The lowest BCUT2D eigenvalue weighted by Gasteiger charge is -2.19. The van der Waals surface area contributed by atoms with Crippen molar-refractivity contribution >= 4 is 6.21 Å². The standard InChI is InChI=1S/C19H30N2O3/c1-6-8-12-23-18-14-16(3)19(17(4)15-18)24-13-11-21(7-2)10-9-20-22-5/h6,8-9,14-15H,7,10-13H2,1-5H3/b8-6+,20-9?. The summed E-state index contributed by atoms with van der Waals surface area (Å²) in [6.45, 7) is 12.0. The molecular formula is C19H30N2O3. The topological polar surface area (TPSA) is 43.3 Å². The number of likely N-dealkylation sites (N-methyl/N-ethyl adjacent to an activating group) is 1. The van der Waals surface area contributed by atoms with Crippen LogP contribution in [0.5, 0.6) is 11.5 Å². The van der Waals surface area contributed by atoms with E-state index in [9.17, 15) is 0 Å². The third kappa shape index (κ3) is 7.04. The Bertz CT molecular complexity index is 518. The number of rotatable bonds is 11. The van der Waals surface area contributed by atoms with Crippen molar-refractivity contribution in [1.29, 1.82) is 0 Å². The van der Waals surface area contributed by atoms with E-state index in [1.165, 1.54) is 0 Å². The van der Waals surface area contributed by atoms with Crippen LogP contribution in [0, 0.1) is 13.8 Å². The molecule has 24 heavy (non-hydrogen) atoms. The highest BCUT2D eigenvalue weighted by atomic mass is 16.6. The second kappa shape index (κ2) is 11.5. The molecule has 0 aromatic heterocycles. The van der Waals surface area contributed by atoms with Gasteiger partial charge in [0.2, 0.25) is 0 Å². The lowest BCUT2D eigenvalue weighted by molar-refractivity contribution is 0.208. The number of aryl methyl sites for hydroxylation is 2. The van der Waals surface area contributed by atoms with Crippen LogP contribution in [0.1, 0.15) is 25.0 Å². The van der Waals surface area contributed by atoms with Crippen LogP contribution < -0.4 is 9.47 Å². The first-order valence-corrected chi connectivity index (χ1v) is 8.37. The summed E-state index contributed by atoms with van der Waals surface area (Å²) in [4.78, 5) is 6.92. The molecule has 0 saturated heterocycles. The summed E-state index contributed by atoms with van der Waals surface area (Å²) in [7, 11) is 1.55. The van der Waals surface area contributed by atoms with Crippen LogP contribution in [-0.2, 0) is 4.84 Å². The fourth-order valence-corrected chi connectivity index (χ4v) is 2.34. The van der Waals surface area contributed by atoms with Gasteiger partial charge in [-0.1, -0.05) is 24.2 Å². The van der Waals surface area contributed by atoms with Crippen molar-refractivity contribution in [1.82, 2.24) is 4.90 Å². The molecule has 0 amide bonds. The van der Waals surface area contributed by atoms with Crippen molar-refractivity contribution in [3.05, 3.63) is 35.4 Å². The van der Waals surface area contributed by atoms with Gasteiger partial charge in [-0.2, -0.15) is 0 Å². The summed E-state index contributed by atoms with van der Waals surface area (Å²) in [5.74, 6) is 1.82. The Hall–Kier alpha value is -2.01. The van der Waals surface area contributed by atoms with Crippen LogP contribution in [-0.4, -0.2) is 51.1 Å². The molecule has 0 unspecified atom stereocenters. The predicted octanol–water partition coefficient (Wildman–Crippen LogP) is 3.59. The monoisotopic (exact) mass is 334 g/mol.